The van der Waals surface area contributed by atoms with Crippen molar-refractivity contribution in [3.8, 4) is 0 Å². The molecule has 1 aliphatic rings. The first-order chi connectivity index (χ1) is 12.0. The third-order valence-electron chi connectivity index (χ3n) is 4.56. The molecule has 1 aromatic carbocycles. The van der Waals surface area contributed by atoms with E-state index in [0.29, 0.717) is 16.4 Å². The number of hydrogen-bond acceptors (Lipinski definition) is 3. The van der Waals surface area contributed by atoms with Gasteiger partial charge in [0.2, 0.25) is 5.91 Å². The van der Waals surface area contributed by atoms with Crippen LogP contribution in [0.3, 0.4) is 0 Å². The van der Waals surface area contributed by atoms with E-state index in [-0.39, 0.29) is 24.1 Å². The molecule has 0 spiro atoms. The molecule has 2 aromatic rings. The lowest BCUT2D eigenvalue weighted by Gasteiger charge is -2.19. The smallest absolute Gasteiger partial charge is 0.273 e. The van der Waals surface area contributed by atoms with E-state index in [4.69, 9.17) is 0 Å². The van der Waals surface area contributed by atoms with Gasteiger partial charge in [0.15, 0.2) is 0 Å². The minimum absolute atomic E-state index is 0.0111. The molecule has 1 aliphatic carbocycles. The second-order valence-corrected chi connectivity index (χ2v) is 7.52. The van der Waals surface area contributed by atoms with Gasteiger partial charge in [0.1, 0.15) is 5.82 Å². The number of nitrogens with one attached hydrogen (secondary N) is 2. The molecule has 0 radical (unpaired) electrons. The van der Waals surface area contributed by atoms with E-state index in [9.17, 15) is 14.0 Å². The van der Waals surface area contributed by atoms with Crippen LogP contribution < -0.4 is 10.9 Å². The minimum atomic E-state index is -0.385. The van der Waals surface area contributed by atoms with E-state index < -0.39 is 0 Å². The number of amides is 2. The predicted octanol–water partition coefficient (Wildman–Crippen LogP) is 3.41. The van der Waals surface area contributed by atoms with Crippen LogP contribution >= 0.6 is 11.3 Å². The maximum absolute atomic E-state index is 13.1. The summed E-state index contributed by atoms with van der Waals surface area (Å²) in [5.74, 6) is -0.376. The fourth-order valence-electron chi connectivity index (χ4n) is 3.12. The molecule has 4 nitrogen and oxygen atoms in total. The number of rotatable bonds is 4. The van der Waals surface area contributed by atoms with Gasteiger partial charge in [-0.2, -0.15) is 0 Å². The second kappa shape index (κ2) is 7.78. The molecule has 3 rings (SSSR count). The third kappa shape index (κ3) is 4.45. The number of fused-ring (bicyclic) bond motifs is 1. The van der Waals surface area contributed by atoms with E-state index in [0.717, 1.165) is 19.3 Å². The predicted molar refractivity (Wildman–Crippen MR) is 95.8 cm³/mol. The molecule has 25 heavy (non-hydrogen) atoms. The summed E-state index contributed by atoms with van der Waals surface area (Å²) in [5.41, 5.74) is 6.66. The molecule has 0 unspecified atom stereocenters. The van der Waals surface area contributed by atoms with Gasteiger partial charge in [-0.05, 0) is 54.5 Å². The van der Waals surface area contributed by atoms with Crippen LogP contribution in [-0.2, 0) is 24.1 Å². The van der Waals surface area contributed by atoms with Gasteiger partial charge < -0.3 is 0 Å². The maximum Gasteiger partial charge on any atom is 0.279 e. The number of carbonyl (C=O) groups excluding carboxylic acids is 2. The first kappa shape index (κ1) is 17.6. The Bertz CT molecular complexity index is 787. The molecule has 0 fully saturated rings. The van der Waals surface area contributed by atoms with Crippen molar-refractivity contribution in [1.29, 1.82) is 0 Å². The first-order valence-corrected chi connectivity index (χ1v) is 9.32. The summed E-state index contributed by atoms with van der Waals surface area (Å²) in [6, 6.07) is 7.79. The Labute approximate surface area is 150 Å². The molecule has 2 N–H and O–H groups in total. The monoisotopic (exact) mass is 360 g/mol. The molecule has 132 valence electrons. The van der Waals surface area contributed by atoms with Crippen molar-refractivity contribution in [2.45, 2.75) is 39.0 Å². The number of halogens is 1. The Morgan fingerprint density at radius 3 is 2.88 bits per heavy atom. The molecule has 0 aliphatic heterocycles. The lowest BCUT2D eigenvalue weighted by atomic mass is 9.87. The van der Waals surface area contributed by atoms with Crippen molar-refractivity contribution >= 4 is 23.2 Å². The van der Waals surface area contributed by atoms with Crippen LogP contribution in [0.2, 0.25) is 0 Å². The van der Waals surface area contributed by atoms with Crippen molar-refractivity contribution in [2.75, 3.05) is 0 Å². The van der Waals surface area contributed by atoms with E-state index in [1.807, 2.05) is 6.07 Å². The van der Waals surface area contributed by atoms with E-state index in [1.54, 1.807) is 12.1 Å². The van der Waals surface area contributed by atoms with E-state index in [2.05, 4.69) is 17.8 Å². The van der Waals surface area contributed by atoms with Crippen LogP contribution in [0.5, 0.6) is 0 Å². The van der Waals surface area contributed by atoms with Crippen LogP contribution in [0.1, 0.15) is 45.4 Å². The van der Waals surface area contributed by atoms with Crippen molar-refractivity contribution in [3.63, 3.8) is 0 Å². The summed E-state index contributed by atoms with van der Waals surface area (Å²) < 4.78 is 13.1. The highest BCUT2D eigenvalue weighted by atomic mass is 32.1. The zero-order valence-corrected chi connectivity index (χ0v) is 14.9. The van der Waals surface area contributed by atoms with Crippen LogP contribution in [0.15, 0.2) is 30.3 Å². The third-order valence-corrected chi connectivity index (χ3v) is 5.79. The average Bonchev–Trinajstić information content (AvgIpc) is 3.02. The SMILES string of the molecule is CC[C@@H]1CCc2sc(C(=O)NNC(=O)Cc3cccc(F)c3)cc2C1. The van der Waals surface area contributed by atoms with Gasteiger partial charge in [-0.3, -0.25) is 20.4 Å². The number of hydrazine groups is 1. The first-order valence-electron chi connectivity index (χ1n) is 8.50. The van der Waals surface area contributed by atoms with Gasteiger partial charge in [-0.15, -0.1) is 11.3 Å². The van der Waals surface area contributed by atoms with Crippen molar-refractivity contribution in [1.82, 2.24) is 10.9 Å². The van der Waals surface area contributed by atoms with Crippen LogP contribution in [-0.4, -0.2) is 11.8 Å². The molecule has 6 heteroatoms. The molecule has 2 amide bonds. The minimum Gasteiger partial charge on any atom is -0.273 e. The molecule has 0 bridgehead atoms. The van der Waals surface area contributed by atoms with Crippen LogP contribution in [0.4, 0.5) is 4.39 Å². The van der Waals surface area contributed by atoms with Crippen LogP contribution in [0.25, 0.3) is 0 Å². The van der Waals surface area contributed by atoms with Gasteiger partial charge in [0.05, 0.1) is 11.3 Å². The van der Waals surface area contributed by atoms with Gasteiger partial charge >= 0.3 is 0 Å². The summed E-state index contributed by atoms with van der Waals surface area (Å²) in [5, 5.41) is 0. The van der Waals surface area contributed by atoms with Crippen molar-refractivity contribution < 1.29 is 14.0 Å². The van der Waals surface area contributed by atoms with Gasteiger partial charge in [-0.25, -0.2) is 4.39 Å². The Morgan fingerprint density at radius 2 is 2.12 bits per heavy atom. The zero-order chi connectivity index (χ0) is 17.8. The number of benzene rings is 1. The molecule has 1 heterocycles. The number of thiophene rings is 1. The van der Waals surface area contributed by atoms with Gasteiger partial charge in [0, 0.05) is 4.88 Å². The van der Waals surface area contributed by atoms with Gasteiger partial charge in [0.25, 0.3) is 5.91 Å². The summed E-state index contributed by atoms with van der Waals surface area (Å²) in [6.07, 6.45) is 4.40. The maximum atomic E-state index is 13.1. The van der Waals surface area contributed by atoms with E-state index >= 15 is 0 Å². The Kier molecular flexibility index (Phi) is 5.48. The standard InChI is InChI=1S/C19H21FN2O2S/c1-2-12-6-7-16-14(8-12)11-17(25-16)19(24)22-21-18(23)10-13-4-3-5-15(20)9-13/h3-5,9,11-12H,2,6-8,10H2,1H3,(H,21,23)(H,22,24)/t12-/m1/s1. The second-order valence-electron chi connectivity index (χ2n) is 6.39. The fourth-order valence-corrected chi connectivity index (χ4v) is 4.23. The topological polar surface area (TPSA) is 58.2 Å². The summed E-state index contributed by atoms with van der Waals surface area (Å²) in [4.78, 5) is 26.0. The summed E-state index contributed by atoms with van der Waals surface area (Å²) >= 11 is 1.50. The molecule has 1 aromatic heterocycles. The highest BCUT2D eigenvalue weighted by Gasteiger charge is 2.22. The number of carbonyl (C=O) groups is 2. The van der Waals surface area contributed by atoms with Crippen LogP contribution in [0, 0.1) is 11.7 Å². The Morgan fingerprint density at radius 1 is 1.28 bits per heavy atom. The Balaban J connectivity index is 1.54. The van der Waals surface area contributed by atoms with Crippen molar-refractivity contribution in [3.05, 3.63) is 57.0 Å². The highest BCUT2D eigenvalue weighted by molar-refractivity contribution is 7.14. The Hall–Kier alpha value is -2.21. The molecular formula is C19H21FN2O2S. The van der Waals surface area contributed by atoms with Crippen molar-refractivity contribution in [2.24, 2.45) is 5.92 Å². The number of hydrogen-bond donors (Lipinski definition) is 2. The summed E-state index contributed by atoms with van der Waals surface area (Å²) in [7, 11) is 0. The lowest BCUT2D eigenvalue weighted by Crippen LogP contribution is -2.42. The van der Waals surface area contributed by atoms with Gasteiger partial charge in [-0.1, -0.05) is 25.5 Å². The molecule has 0 saturated carbocycles. The molecule has 0 saturated heterocycles. The molecular weight excluding hydrogens is 339 g/mol. The lowest BCUT2D eigenvalue weighted by molar-refractivity contribution is -0.121. The number of aryl methyl sites for hydroxylation is 1. The normalized spacial score (nSPS) is 16.2. The molecule has 1 atom stereocenters. The highest BCUT2D eigenvalue weighted by Crippen LogP contribution is 2.33. The zero-order valence-electron chi connectivity index (χ0n) is 14.1. The quantitative estimate of drug-likeness (QED) is 0.821. The fraction of sp³-hybridized carbons (Fsp3) is 0.368. The largest absolute Gasteiger partial charge is 0.279 e. The van der Waals surface area contributed by atoms with E-state index in [1.165, 1.54) is 40.3 Å². The summed E-state index contributed by atoms with van der Waals surface area (Å²) in [6.45, 7) is 2.20. The average molecular weight is 360 g/mol.